The van der Waals surface area contributed by atoms with Crippen LogP contribution >= 0.6 is 0 Å². The third-order valence-corrected chi connectivity index (χ3v) is 8.51. The number of piperidine rings is 1. The Morgan fingerprint density at radius 2 is 1.67 bits per heavy atom. The minimum absolute atomic E-state index is 0.0481. The number of nitrogens with zero attached hydrogens (tertiary/aromatic N) is 3. The minimum Gasteiger partial charge on any atom is -0.490 e. The Bertz CT molecular complexity index is 1210. The highest BCUT2D eigenvalue weighted by atomic mass is 32.2. The molecular weight excluding hydrogens is 462 g/mol. The summed E-state index contributed by atoms with van der Waals surface area (Å²) in [7, 11) is -7.10. The molecule has 10 heteroatoms. The van der Waals surface area contributed by atoms with Crippen LogP contribution in [0.5, 0.6) is 5.75 Å². The Morgan fingerprint density at radius 1 is 1.06 bits per heavy atom. The zero-order valence-electron chi connectivity index (χ0n) is 19.0. The van der Waals surface area contributed by atoms with Gasteiger partial charge in [0, 0.05) is 19.6 Å². The van der Waals surface area contributed by atoms with E-state index in [1.54, 1.807) is 36.4 Å². The largest absolute Gasteiger partial charge is 0.490 e. The second-order valence-corrected chi connectivity index (χ2v) is 12.4. The summed E-state index contributed by atoms with van der Waals surface area (Å²) in [4.78, 5) is 0.107. The number of nitriles is 1. The van der Waals surface area contributed by atoms with E-state index in [1.807, 2.05) is 13.8 Å². The van der Waals surface area contributed by atoms with E-state index >= 15 is 0 Å². The molecule has 0 aliphatic carbocycles. The van der Waals surface area contributed by atoms with Gasteiger partial charge >= 0.3 is 0 Å². The van der Waals surface area contributed by atoms with Gasteiger partial charge in [-0.15, -0.1) is 0 Å². The average Bonchev–Trinajstić information content (AvgIpc) is 2.77. The third-order valence-electron chi connectivity index (χ3n) is 5.41. The second-order valence-electron chi connectivity index (χ2n) is 8.51. The van der Waals surface area contributed by atoms with E-state index in [4.69, 9.17) is 4.74 Å². The summed E-state index contributed by atoms with van der Waals surface area (Å²) in [5.74, 6) is 0.575. The molecule has 1 fully saturated rings. The first-order valence-electron chi connectivity index (χ1n) is 10.8. The minimum atomic E-state index is -3.90. The topological polar surface area (TPSA) is 108 Å². The molecule has 1 aliphatic rings. The van der Waals surface area contributed by atoms with Crippen LogP contribution in [0.3, 0.4) is 0 Å². The van der Waals surface area contributed by atoms with Crippen molar-refractivity contribution < 1.29 is 21.6 Å². The second kappa shape index (κ2) is 10.1. The highest BCUT2D eigenvalue weighted by Crippen LogP contribution is 2.29. The summed E-state index contributed by atoms with van der Waals surface area (Å²) < 4.78 is 58.9. The van der Waals surface area contributed by atoms with Crippen LogP contribution in [0.15, 0.2) is 53.4 Å². The number of hydrogen-bond acceptors (Lipinski definition) is 6. The van der Waals surface area contributed by atoms with Gasteiger partial charge < -0.3 is 4.74 Å². The van der Waals surface area contributed by atoms with Gasteiger partial charge in [-0.05, 0) is 55.2 Å². The molecule has 1 heterocycles. The van der Waals surface area contributed by atoms with Crippen molar-refractivity contribution in [3.8, 4) is 11.8 Å². The lowest BCUT2D eigenvalue weighted by Gasteiger charge is -2.30. The zero-order chi connectivity index (χ0) is 24.2. The molecule has 0 aromatic heterocycles. The van der Waals surface area contributed by atoms with E-state index in [0.29, 0.717) is 42.9 Å². The number of sulfonamides is 2. The van der Waals surface area contributed by atoms with Gasteiger partial charge in [-0.3, -0.25) is 4.31 Å². The lowest BCUT2D eigenvalue weighted by molar-refractivity contribution is 0.135. The maximum Gasteiger partial charge on any atom is 0.264 e. The summed E-state index contributed by atoms with van der Waals surface area (Å²) in [6.45, 7) is 4.88. The highest BCUT2D eigenvalue weighted by molar-refractivity contribution is 7.92. The Labute approximate surface area is 196 Å². The SMILES string of the molecule is CC(C)CN(c1ccccc1C#N)S(=O)(=O)c1ccc(OC2CCN(S(C)(=O)=O)CC2)cc1. The van der Waals surface area contributed by atoms with Gasteiger partial charge in [0.2, 0.25) is 10.0 Å². The van der Waals surface area contributed by atoms with Crippen molar-refractivity contribution in [3.05, 3.63) is 54.1 Å². The van der Waals surface area contributed by atoms with Crippen molar-refractivity contribution >= 4 is 25.7 Å². The van der Waals surface area contributed by atoms with E-state index in [0.717, 1.165) is 0 Å². The molecule has 33 heavy (non-hydrogen) atoms. The number of ether oxygens (including phenoxy) is 1. The monoisotopic (exact) mass is 491 g/mol. The lowest BCUT2D eigenvalue weighted by Crippen LogP contribution is -2.41. The molecule has 2 aromatic rings. The van der Waals surface area contributed by atoms with E-state index in [-0.39, 0.29) is 23.5 Å². The van der Waals surface area contributed by atoms with Gasteiger partial charge in [0.15, 0.2) is 0 Å². The molecule has 0 bridgehead atoms. The smallest absolute Gasteiger partial charge is 0.264 e. The summed E-state index contributed by atoms with van der Waals surface area (Å²) in [6, 6.07) is 14.9. The van der Waals surface area contributed by atoms with Gasteiger partial charge in [-0.2, -0.15) is 5.26 Å². The van der Waals surface area contributed by atoms with Crippen LogP contribution < -0.4 is 9.04 Å². The van der Waals surface area contributed by atoms with Crippen LogP contribution in [0.4, 0.5) is 5.69 Å². The summed E-state index contributed by atoms with van der Waals surface area (Å²) >= 11 is 0. The van der Waals surface area contributed by atoms with E-state index in [2.05, 4.69) is 6.07 Å². The molecule has 2 aromatic carbocycles. The highest BCUT2D eigenvalue weighted by Gasteiger charge is 2.28. The van der Waals surface area contributed by atoms with Crippen LogP contribution in [0, 0.1) is 17.2 Å². The molecule has 1 aliphatic heterocycles. The lowest BCUT2D eigenvalue weighted by atomic mass is 10.1. The standard InChI is InChI=1S/C23H29N3O5S2/c1-18(2)17-26(23-7-5-4-6-19(23)16-24)33(29,30)22-10-8-20(9-11-22)31-21-12-14-25(15-13-21)32(3,27)28/h4-11,18,21H,12-15,17H2,1-3H3. The van der Waals surface area contributed by atoms with Gasteiger partial charge in [-0.25, -0.2) is 21.1 Å². The van der Waals surface area contributed by atoms with Crippen LogP contribution in [0.2, 0.25) is 0 Å². The summed E-state index contributed by atoms with van der Waals surface area (Å²) in [6.07, 6.45) is 2.20. The van der Waals surface area contributed by atoms with Crippen molar-refractivity contribution in [2.75, 3.05) is 30.2 Å². The van der Waals surface area contributed by atoms with Crippen molar-refractivity contribution in [2.24, 2.45) is 5.92 Å². The molecule has 0 N–H and O–H groups in total. The Kier molecular flexibility index (Phi) is 7.67. The average molecular weight is 492 g/mol. The maximum atomic E-state index is 13.5. The predicted octanol–water partition coefficient (Wildman–Crippen LogP) is 3.21. The Morgan fingerprint density at radius 3 is 2.21 bits per heavy atom. The summed E-state index contributed by atoms with van der Waals surface area (Å²) in [5, 5.41) is 9.47. The molecule has 0 amide bonds. The molecule has 1 saturated heterocycles. The fourth-order valence-electron chi connectivity index (χ4n) is 3.73. The van der Waals surface area contributed by atoms with Gasteiger partial charge in [0.25, 0.3) is 10.0 Å². The molecular formula is C23H29N3O5S2. The van der Waals surface area contributed by atoms with Crippen LogP contribution in [0.25, 0.3) is 0 Å². The molecule has 0 atom stereocenters. The van der Waals surface area contributed by atoms with Gasteiger partial charge in [-0.1, -0.05) is 26.0 Å². The number of hydrogen-bond donors (Lipinski definition) is 0. The van der Waals surface area contributed by atoms with Crippen molar-refractivity contribution in [2.45, 2.75) is 37.7 Å². The molecule has 3 rings (SSSR count). The van der Waals surface area contributed by atoms with Crippen LogP contribution in [-0.4, -0.2) is 53.1 Å². The molecule has 8 nitrogen and oxygen atoms in total. The number of rotatable bonds is 8. The predicted molar refractivity (Wildman–Crippen MR) is 127 cm³/mol. The first-order valence-corrected chi connectivity index (χ1v) is 14.0. The van der Waals surface area contributed by atoms with Crippen molar-refractivity contribution in [1.29, 1.82) is 5.26 Å². The van der Waals surface area contributed by atoms with Crippen molar-refractivity contribution in [1.82, 2.24) is 4.31 Å². The van der Waals surface area contributed by atoms with Crippen LogP contribution in [0.1, 0.15) is 32.3 Å². The molecule has 0 unspecified atom stereocenters. The number of benzene rings is 2. The number of anilines is 1. The quantitative estimate of drug-likeness (QED) is 0.561. The van der Waals surface area contributed by atoms with E-state index in [9.17, 15) is 22.1 Å². The Balaban J connectivity index is 1.79. The fraction of sp³-hybridized carbons (Fsp3) is 0.435. The molecule has 0 spiro atoms. The molecule has 0 radical (unpaired) electrons. The third kappa shape index (κ3) is 6.05. The molecule has 0 saturated carbocycles. The van der Waals surface area contributed by atoms with Gasteiger partial charge in [0.1, 0.15) is 17.9 Å². The van der Waals surface area contributed by atoms with Crippen LogP contribution in [-0.2, 0) is 20.0 Å². The van der Waals surface area contributed by atoms with E-state index in [1.165, 1.54) is 27.0 Å². The first kappa shape index (κ1) is 25.0. The molecule has 178 valence electrons. The van der Waals surface area contributed by atoms with E-state index < -0.39 is 20.0 Å². The van der Waals surface area contributed by atoms with Gasteiger partial charge in [0.05, 0.1) is 22.4 Å². The maximum absolute atomic E-state index is 13.5. The summed E-state index contributed by atoms with van der Waals surface area (Å²) in [5.41, 5.74) is 0.647. The first-order chi connectivity index (χ1) is 15.5. The normalized spacial score (nSPS) is 15.8. The fourth-order valence-corrected chi connectivity index (χ4v) is 6.26. The Hall–Kier alpha value is -2.61. The van der Waals surface area contributed by atoms with Crippen molar-refractivity contribution in [3.63, 3.8) is 0 Å². The number of para-hydroxylation sites is 1. The zero-order valence-corrected chi connectivity index (χ0v) is 20.6.